The van der Waals surface area contributed by atoms with E-state index in [1.54, 1.807) is 0 Å². The number of unbranched alkanes of at least 4 members (excludes halogenated alkanes) is 49. The second-order valence-electron chi connectivity index (χ2n) is 24.8. The molecule has 0 heterocycles. The van der Waals surface area contributed by atoms with Crippen molar-refractivity contribution < 1.29 is 28.6 Å². The number of ether oxygens (including phenoxy) is 3. The van der Waals surface area contributed by atoms with Crippen molar-refractivity contribution in [1.29, 1.82) is 0 Å². The number of hydrogen-bond acceptors (Lipinski definition) is 6. The number of carbonyl (C=O) groups is 3. The number of allylic oxidation sites excluding steroid dienone is 8. The van der Waals surface area contributed by atoms with Crippen LogP contribution in [0, 0.1) is 0 Å². The lowest BCUT2D eigenvalue weighted by molar-refractivity contribution is -0.167. The van der Waals surface area contributed by atoms with Gasteiger partial charge in [-0.2, -0.15) is 0 Å². The van der Waals surface area contributed by atoms with E-state index < -0.39 is 6.10 Å². The number of carbonyl (C=O) groups excluding carboxylic acids is 3. The van der Waals surface area contributed by atoms with Gasteiger partial charge in [-0.05, 0) is 57.8 Å². The summed E-state index contributed by atoms with van der Waals surface area (Å²) < 4.78 is 17.0. The van der Waals surface area contributed by atoms with Crippen LogP contribution < -0.4 is 0 Å². The summed E-state index contributed by atoms with van der Waals surface area (Å²) in [6, 6.07) is 0. The zero-order valence-corrected chi connectivity index (χ0v) is 55.3. The first-order chi connectivity index (χ1) is 40.5. The van der Waals surface area contributed by atoms with Crippen molar-refractivity contribution in [2.24, 2.45) is 0 Å². The fraction of sp³-hybridized carbons (Fsp3) is 0.855. The number of rotatable bonds is 68. The first-order valence-electron chi connectivity index (χ1n) is 36.6. The lowest BCUT2D eigenvalue weighted by Gasteiger charge is -2.18. The predicted octanol–water partition coefficient (Wildman–Crippen LogP) is 25.3. The monoisotopic (exact) mass is 1150 g/mol. The Kier molecular flexibility index (Phi) is 68.6. The van der Waals surface area contributed by atoms with E-state index in [4.69, 9.17) is 14.2 Å². The van der Waals surface area contributed by atoms with Gasteiger partial charge < -0.3 is 14.2 Å². The molecule has 0 amide bonds. The van der Waals surface area contributed by atoms with Crippen molar-refractivity contribution in [3.05, 3.63) is 48.6 Å². The minimum atomic E-state index is -0.777. The topological polar surface area (TPSA) is 78.9 Å². The van der Waals surface area contributed by atoms with Gasteiger partial charge in [0.15, 0.2) is 6.10 Å². The third kappa shape index (κ3) is 68.2. The van der Waals surface area contributed by atoms with E-state index in [9.17, 15) is 14.4 Å². The molecule has 6 heteroatoms. The average Bonchev–Trinajstić information content (AvgIpc) is 3.47. The summed E-state index contributed by atoms with van der Waals surface area (Å²) >= 11 is 0. The Morgan fingerprint density at radius 2 is 0.476 bits per heavy atom. The van der Waals surface area contributed by atoms with Gasteiger partial charge >= 0.3 is 17.9 Å². The van der Waals surface area contributed by atoms with E-state index in [0.29, 0.717) is 19.3 Å². The summed E-state index contributed by atoms with van der Waals surface area (Å²) in [6.45, 7) is 6.61. The van der Waals surface area contributed by atoms with Gasteiger partial charge in [0.1, 0.15) is 13.2 Å². The van der Waals surface area contributed by atoms with Crippen LogP contribution in [0.4, 0.5) is 0 Å². The van der Waals surface area contributed by atoms with E-state index in [0.717, 1.165) is 89.9 Å². The second kappa shape index (κ2) is 70.9. The molecule has 0 saturated heterocycles. The van der Waals surface area contributed by atoms with Crippen LogP contribution in [-0.2, 0) is 28.6 Å². The number of hydrogen-bond donors (Lipinski definition) is 0. The maximum atomic E-state index is 13.0. The molecule has 0 aromatic carbocycles. The molecule has 0 aliphatic heterocycles. The van der Waals surface area contributed by atoms with Crippen molar-refractivity contribution in [1.82, 2.24) is 0 Å². The smallest absolute Gasteiger partial charge is 0.306 e. The zero-order chi connectivity index (χ0) is 59.2. The molecular formula is C76H140O6. The average molecular weight is 1150 g/mol. The van der Waals surface area contributed by atoms with Crippen molar-refractivity contribution >= 4 is 17.9 Å². The Labute approximate surface area is 511 Å². The van der Waals surface area contributed by atoms with Gasteiger partial charge in [0, 0.05) is 19.3 Å². The molecule has 0 aromatic heterocycles. The molecule has 1 atom stereocenters. The summed E-state index contributed by atoms with van der Waals surface area (Å²) in [5, 5.41) is 0. The zero-order valence-electron chi connectivity index (χ0n) is 55.3. The molecular weight excluding hydrogens is 1010 g/mol. The van der Waals surface area contributed by atoms with Crippen LogP contribution in [0.1, 0.15) is 400 Å². The SMILES string of the molecule is CC/C=C\C/C=C\C/C=C\C/C=C\CCCCCCCCCCC(=O)OC(COC(=O)CCCCCCCCCCCCCCCCCCCCCCC)COC(=O)CCCCCCCCCCCCCCCCCCCCCCCC. The van der Waals surface area contributed by atoms with E-state index in [2.05, 4.69) is 69.4 Å². The van der Waals surface area contributed by atoms with Crippen molar-refractivity contribution in [3.63, 3.8) is 0 Å². The molecule has 0 N–H and O–H groups in total. The Hall–Kier alpha value is -2.63. The Morgan fingerprint density at radius 3 is 0.744 bits per heavy atom. The van der Waals surface area contributed by atoms with E-state index in [1.165, 1.54) is 270 Å². The highest BCUT2D eigenvalue weighted by Crippen LogP contribution is 2.19. The fourth-order valence-corrected chi connectivity index (χ4v) is 11.1. The maximum absolute atomic E-state index is 13.0. The lowest BCUT2D eigenvalue weighted by Crippen LogP contribution is -2.30. The van der Waals surface area contributed by atoms with Gasteiger partial charge in [0.2, 0.25) is 0 Å². The molecule has 0 rings (SSSR count). The molecule has 82 heavy (non-hydrogen) atoms. The summed E-state index contributed by atoms with van der Waals surface area (Å²) in [5.74, 6) is -0.846. The third-order valence-electron chi connectivity index (χ3n) is 16.6. The summed E-state index contributed by atoms with van der Waals surface area (Å²) in [6.07, 6.45) is 90.0. The minimum Gasteiger partial charge on any atom is -0.462 e. The first kappa shape index (κ1) is 79.4. The Morgan fingerprint density at radius 1 is 0.256 bits per heavy atom. The molecule has 0 fully saturated rings. The molecule has 1 unspecified atom stereocenters. The summed E-state index contributed by atoms with van der Waals surface area (Å²) in [7, 11) is 0. The largest absolute Gasteiger partial charge is 0.462 e. The molecule has 0 aromatic rings. The number of esters is 3. The molecule has 0 aliphatic rings. The molecule has 0 bridgehead atoms. The highest BCUT2D eigenvalue weighted by Gasteiger charge is 2.19. The quantitative estimate of drug-likeness (QED) is 0.0261. The van der Waals surface area contributed by atoms with Crippen LogP contribution >= 0.6 is 0 Å². The van der Waals surface area contributed by atoms with E-state index in [-0.39, 0.29) is 31.1 Å². The molecule has 0 saturated carbocycles. The van der Waals surface area contributed by atoms with Crippen LogP contribution in [0.15, 0.2) is 48.6 Å². The summed E-state index contributed by atoms with van der Waals surface area (Å²) in [5.41, 5.74) is 0. The Balaban J connectivity index is 4.32. The van der Waals surface area contributed by atoms with Crippen LogP contribution in [0.5, 0.6) is 0 Å². The standard InChI is InChI=1S/C76H140O6/c1-4-7-10-13-16-19-22-25-28-31-34-37-40-42-45-48-51-54-57-60-63-66-69-75(78)81-72-73(82-76(79)70-67-64-61-58-55-52-49-46-43-39-36-33-30-27-24-21-18-15-12-9-6-3)71-80-74(77)68-65-62-59-56-53-50-47-44-41-38-35-32-29-26-23-20-17-14-11-8-5-2/h9,12,18,21,27,30,36,39,73H,4-8,10-11,13-17,19-20,22-26,28-29,31-35,37-38,40-72H2,1-3H3/b12-9-,21-18-,30-27-,39-36-. The molecule has 480 valence electrons. The van der Waals surface area contributed by atoms with Gasteiger partial charge in [-0.15, -0.1) is 0 Å². The predicted molar refractivity (Wildman–Crippen MR) is 358 cm³/mol. The van der Waals surface area contributed by atoms with Crippen LogP contribution in [0.3, 0.4) is 0 Å². The fourth-order valence-electron chi connectivity index (χ4n) is 11.1. The molecule has 6 nitrogen and oxygen atoms in total. The van der Waals surface area contributed by atoms with Crippen molar-refractivity contribution in [2.45, 2.75) is 406 Å². The normalized spacial score (nSPS) is 12.3. The molecule has 0 spiro atoms. The third-order valence-corrected chi connectivity index (χ3v) is 16.6. The lowest BCUT2D eigenvalue weighted by atomic mass is 10.0. The highest BCUT2D eigenvalue weighted by atomic mass is 16.6. The van der Waals surface area contributed by atoms with Gasteiger partial charge in [0.05, 0.1) is 0 Å². The van der Waals surface area contributed by atoms with Gasteiger partial charge in [-0.25, -0.2) is 0 Å². The second-order valence-corrected chi connectivity index (χ2v) is 24.8. The van der Waals surface area contributed by atoms with Crippen LogP contribution in [0.25, 0.3) is 0 Å². The summed E-state index contributed by atoms with van der Waals surface area (Å²) in [4.78, 5) is 38.5. The van der Waals surface area contributed by atoms with Gasteiger partial charge in [0.25, 0.3) is 0 Å². The maximum Gasteiger partial charge on any atom is 0.306 e. The minimum absolute atomic E-state index is 0.0706. The van der Waals surface area contributed by atoms with E-state index in [1.807, 2.05) is 0 Å². The van der Waals surface area contributed by atoms with Crippen LogP contribution in [-0.4, -0.2) is 37.2 Å². The van der Waals surface area contributed by atoms with Crippen LogP contribution in [0.2, 0.25) is 0 Å². The molecule has 0 radical (unpaired) electrons. The van der Waals surface area contributed by atoms with Gasteiger partial charge in [-0.3, -0.25) is 14.4 Å². The first-order valence-corrected chi connectivity index (χ1v) is 36.6. The highest BCUT2D eigenvalue weighted by molar-refractivity contribution is 5.71. The van der Waals surface area contributed by atoms with Crippen molar-refractivity contribution in [3.8, 4) is 0 Å². The molecule has 0 aliphatic carbocycles. The van der Waals surface area contributed by atoms with Gasteiger partial charge in [-0.1, -0.05) is 371 Å². The van der Waals surface area contributed by atoms with E-state index >= 15 is 0 Å². The van der Waals surface area contributed by atoms with Crippen molar-refractivity contribution in [2.75, 3.05) is 13.2 Å². The Bertz CT molecular complexity index is 1410.